The normalized spacial score (nSPS) is 5.75. The molecule has 0 heterocycles. The smallest absolute Gasteiger partial charge is 0.231 e. The highest BCUT2D eigenvalue weighted by Gasteiger charge is 1.78. The fourth-order valence-corrected chi connectivity index (χ4v) is 0. The zero-order valence-corrected chi connectivity index (χ0v) is 4.47. The van der Waals surface area contributed by atoms with E-state index < -0.39 is 0 Å². The van der Waals surface area contributed by atoms with Crippen LogP contribution < -0.4 is 0 Å². The molecule has 0 saturated heterocycles. The van der Waals surface area contributed by atoms with Crippen LogP contribution in [0.4, 0.5) is 0 Å². The monoisotopic (exact) mass is 117 g/mol. The van der Waals surface area contributed by atoms with Gasteiger partial charge in [-0.2, -0.15) is 0 Å². The van der Waals surface area contributed by atoms with E-state index in [9.17, 15) is 4.79 Å². The first kappa shape index (κ1) is 10.1. The molecule has 0 aliphatic rings. The van der Waals surface area contributed by atoms with Gasteiger partial charge >= 0.3 is 0 Å². The predicted octanol–water partition coefficient (Wildman–Crippen LogP) is -0.531. The highest BCUT2D eigenvalue weighted by atomic mass is 16.3. The van der Waals surface area contributed by atoms with Gasteiger partial charge in [-0.1, -0.05) is 0 Å². The van der Waals surface area contributed by atoms with Gasteiger partial charge in [0, 0.05) is 0 Å². The van der Waals surface area contributed by atoms with Crippen molar-refractivity contribution in [3.63, 3.8) is 0 Å². The van der Waals surface area contributed by atoms with Gasteiger partial charge in [0.05, 0.1) is 0 Å². The highest BCUT2D eigenvalue weighted by molar-refractivity contribution is 5.76. The fourth-order valence-electron chi connectivity index (χ4n) is 0. The van der Waals surface area contributed by atoms with Crippen LogP contribution in [0.15, 0.2) is 0 Å². The Bertz CT molecular complexity index is 93.5. The van der Waals surface area contributed by atoms with E-state index in [2.05, 4.69) is 0 Å². The lowest BCUT2D eigenvalue weighted by Crippen LogP contribution is -1.93. The van der Waals surface area contributed by atoms with E-state index in [1.54, 1.807) is 0 Å². The highest BCUT2D eigenvalue weighted by Crippen LogP contribution is 1.55. The molecule has 0 bridgehead atoms. The van der Waals surface area contributed by atoms with Crippen LogP contribution in [0.5, 0.6) is 0 Å². The second-order valence-corrected chi connectivity index (χ2v) is 0.962. The van der Waals surface area contributed by atoms with Crippen LogP contribution in [0, 0.1) is 5.41 Å². The quantitative estimate of drug-likeness (QED) is 0.358. The van der Waals surface area contributed by atoms with Crippen molar-refractivity contribution < 1.29 is 14.7 Å². The van der Waals surface area contributed by atoms with Gasteiger partial charge in [-0.05, 0) is 6.92 Å². The van der Waals surface area contributed by atoms with Crippen LogP contribution in [0.25, 0.3) is 0 Å². The summed E-state index contributed by atoms with van der Waals surface area (Å²) >= 11 is 0. The fraction of sp³-hybridized carbons (Fsp3) is 0.500. The molecule has 0 unspecified atom stereocenters. The molecule has 0 amide bonds. The molecule has 0 aromatic rings. The molecule has 0 fully saturated rings. The van der Waals surface area contributed by atoms with Gasteiger partial charge in [0.15, 0.2) is 5.78 Å². The van der Waals surface area contributed by atoms with Crippen LogP contribution in [0.3, 0.4) is 0 Å². The first-order valence-electron chi connectivity index (χ1n) is 1.83. The number of Topliss-reactive ketones (excluding diaryl/α,β-unsaturated/α-hetero) is 1. The molecule has 4 heteroatoms. The number of hydrogen-bond acceptors (Lipinski definition) is 4. The number of isocyanates is 1. The molecule has 0 aliphatic carbocycles. The number of hydrogen-bond donors (Lipinski definition) is 2. The number of carbonyl (C=O) groups is 1. The van der Waals surface area contributed by atoms with E-state index in [0.717, 1.165) is 6.08 Å². The minimum atomic E-state index is -0.333. The SMILES string of the molecule is CC(=O)CO.N=C=O. The number of nitrogens with one attached hydrogen (secondary N) is 1. The molecule has 0 rings (SSSR count). The van der Waals surface area contributed by atoms with Gasteiger partial charge in [-0.15, -0.1) is 0 Å². The van der Waals surface area contributed by atoms with E-state index >= 15 is 0 Å². The standard InChI is InChI=1S/C3H6O2.CHNO/c1-3(5)2-4;2-1-3/h4H,2H2,1H3;2H. The third kappa shape index (κ3) is 79.0. The number of aliphatic hydroxyl groups is 1. The van der Waals surface area contributed by atoms with Gasteiger partial charge in [0.2, 0.25) is 6.08 Å². The summed E-state index contributed by atoms with van der Waals surface area (Å²) in [6.45, 7) is 1.000. The van der Waals surface area contributed by atoms with E-state index in [1.807, 2.05) is 0 Å². The average Bonchev–Trinajstić information content (AvgIpc) is 1.69. The second-order valence-electron chi connectivity index (χ2n) is 0.962. The molecule has 0 radical (unpaired) electrons. The molecule has 0 aromatic carbocycles. The average molecular weight is 117 g/mol. The van der Waals surface area contributed by atoms with Crippen molar-refractivity contribution >= 4 is 11.9 Å². The molecule has 46 valence electrons. The first-order chi connectivity index (χ1) is 3.68. The molecule has 8 heavy (non-hydrogen) atoms. The summed E-state index contributed by atoms with van der Waals surface area (Å²) in [6, 6.07) is 0. The summed E-state index contributed by atoms with van der Waals surface area (Å²) in [5.41, 5.74) is 0. The summed E-state index contributed by atoms with van der Waals surface area (Å²) in [5, 5.41) is 13.2. The molecule has 4 nitrogen and oxygen atoms in total. The Balaban J connectivity index is 0. The van der Waals surface area contributed by atoms with Crippen molar-refractivity contribution in [2.75, 3.05) is 6.61 Å². The van der Waals surface area contributed by atoms with E-state index in [4.69, 9.17) is 15.3 Å². The molecule has 0 atom stereocenters. The van der Waals surface area contributed by atoms with Crippen LogP contribution in [0.1, 0.15) is 6.92 Å². The van der Waals surface area contributed by atoms with Crippen molar-refractivity contribution in [1.82, 2.24) is 0 Å². The zero-order chi connectivity index (χ0) is 6.99. The van der Waals surface area contributed by atoms with Crippen molar-refractivity contribution in [3.05, 3.63) is 0 Å². The summed E-state index contributed by atoms with van der Waals surface area (Å²) in [7, 11) is 0. The van der Waals surface area contributed by atoms with Crippen molar-refractivity contribution in [3.8, 4) is 0 Å². The van der Waals surface area contributed by atoms with Gasteiger partial charge < -0.3 is 5.11 Å². The third-order valence-corrected chi connectivity index (χ3v) is 0.223. The Hall–Kier alpha value is -0.990. The number of rotatable bonds is 1. The summed E-state index contributed by atoms with van der Waals surface area (Å²) in [6.07, 6.45) is 0.750. The second kappa shape index (κ2) is 9.38. The van der Waals surface area contributed by atoms with Gasteiger partial charge in [-0.3, -0.25) is 4.79 Å². The molecule has 0 spiro atoms. The predicted molar refractivity (Wildman–Crippen MR) is 26.2 cm³/mol. The summed E-state index contributed by atoms with van der Waals surface area (Å²) in [5.74, 6) is -0.190. The number of ketones is 1. The van der Waals surface area contributed by atoms with Crippen LogP contribution in [-0.2, 0) is 9.59 Å². The third-order valence-electron chi connectivity index (χ3n) is 0.223. The zero-order valence-electron chi connectivity index (χ0n) is 4.47. The Kier molecular flexibility index (Phi) is 11.8. The Labute approximate surface area is 46.6 Å². The maximum atomic E-state index is 9.56. The number of aliphatic hydroxyl groups excluding tert-OH is 1. The maximum Gasteiger partial charge on any atom is 0.231 e. The van der Waals surface area contributed by atoms with E-state index in [-0.39, 0.29) is 12.4 Å². The van der Waals surface area contributed by atoms with Crippen molar-refractivity contribution in [2.24, 2.45) is 0 Å². The Morgan fingerprint density at radius 2 is 2.00 bits per heavy atom. The van der Waals surface area contributed by atoms with Crippen LogP contribution in [0.2, 0.25) is 0 Å². The summed E-state index contributed by atoms with van der Waals surface area (Å²) in [4.78, 5) is 17.9. The maximum absolute atomic E-state index is 9.56. The topological polar surface area (TPSA) is 78.2 Å². The molecule has 0 aliphatic heterocycles. The summed E-state index contributed by atoms with van der Waals surface area (Å²) < 4.78 is 0. The minimum Gasteiger partial charge on any atom is -0.389 e. The van der Waals surface area contributed by atoms with E-state index in [1.165, 1.54) is 6.92 Å². The lowest BCUT2D eigenvalue weighted by Gasteiger charge is -1.72. The van der Waals surface area contributed by atoms with Crippen molar-refractivity contribution in [1.29, 1.82) is 5.41 Å². The van der Waals surface area contributed by atoms with Crippen molar-refractivity contribution in [2.45, 2.75) is 6.92 Å². The number of carbonyl (C=O) groups excluding carboxylic acids is 2. The molecular formula is C4H7NO3. The van der Waals surface area contributed by atoms with Gasteiger partial charge in [0.25, 0.3) is 0 Å². The molecule has 0 saturated carbocycles. The minimum absolute atomic E-state index is 0.190. The van der Waals surface area contributed by atoms with Crippen LogP contribution in [-0.4, -0.2) is 23.6 Å². The lowest BCUT2D eigenvalue weighted by atomic mass is 10.5. The Morgan fingerprint density at radius 3 is 2.00 bits per heavy atom. The lowest BCUT2D eigenvalue weighted by molar-refractivity contribution is -0.119. The van der Waals surface area contributed by atoms with Crippen LogP contribution >= 0.6 is 0 Å². The largest absolute Gasteiger partial charge is 0.389 e. The van der Waals surface area contributed by atoms with Gasteiger partial charge in [0.1, 0.15) is 6.61 Å². The Morgan fingerprint density at radius 1 is 1.88 bits per heavy atom. The molecule has 0 aromatic heterocycles. The molecular weight excluding hydrogens is 110 g/mol. The van der Waals surface area contributed by atoms with Gasteiger partial charge in [-0.25, -0.2) is 10.2 Å². The first-order valence-corrected chi connectivity index (χ1v) is 1.83. The van der Waals surface area contributed by atoms with E-state index in [0.29, 0.717) is 0 Å². The molecule has 2 N–H and O–H groups in total.